The highest BCUT2D eigenvalue weighted by molar-refractivity contribution is 5.97. The molecule has 0 aliphatic heterocycles. The van der Waals surface area contributed by atoms with Crippen molar-refractivity contribution in [1.82, 2.24) is 5.27 Å². The molecule has 22 heavy (non-hydrogen) atoms. The van der Waals surface area contributed by atoms with Crippen LogP contribution in [-0.4, -0.2) is 17.8 Å². The fourth-order valence-electron chi connectivity index (χ4n) is 1.77. The zero-order valence-corrected chi connectivity index (χ0v) is 12.1. The van der Waals surface area contributed by atoms with Gasteiger partial charge in [-0.2, -0.15) is 5.26 Å². The van der Waals surface area contributed by atoms with Gasteiger partial charge in [-0.3, -0.25) is 4.52 Å². The van der Waals surface area contributed by atoms with Gasteiger partial charge in [-0.1, -0.05) is 17.7 Å². The number of aromatic nitrogens is 2. The van der Waals surface area contributed by atoms with Crippen molar-refractivity contribution >= 4 is 12.0 Å². The predicted octanol–water partition coefficient (Wildman–Crippen LogP) is 1.02. The number of carbonyl (C=O) groups is 1. The van der Waals surface area contributed by atoms with Gasteiger partial charge in [0.25, 0.3) is 0 Å². The van der Waals surface area contributed by atoms with E-state index in [-0.39, 0.29) is 17.9 Å². The Morgan fingerprint density at radius 3 is 2.73 bits per heavy atom. The first-order valence-electron chi connectivity index (χ1n) is 6.56. The lowest BCUT2D eigenvalue weighted by Gasteiger charge is -1.97. The summed E-state index contributed by atoms with van der Waals surface area (Å²) in [7, 11) is 0. The molecule has 0 saturated carbocycles. The smallest absolute Gasteiger partial charge is 0.435 e. The normalized spacial score (nSPS) is 11.0. The SMILES string of the molecule is CCOC(=O)/C(C#N)=C/c1c(=O)o[nH][n+]1-c1ccc(C)cc1. The number of benzene rings is 1. The molecule has 0 fully saturated rings. The Hall–Kier alpha value is -3.14. The first kappa shape index (κ1) is 15.3. The molecule has 0 bridgehead atoms. The number of hydrogen-bond donors (Lipinski definition) is 1. The van der Waals surface area contributed by atoms with Gasteiger partial charge in [-0.05, 0) is 23.8 Å². The van der Waals surface area contributed by atoms with E-state index in [1.807, 2.05) is 19.1 Å². The average Bonchev–Trinajstić information content (AvgIpc) is 2.86. The molecule has 1 aromatic heterocycles. The van der Waals surface area contributed by atoms with Gasteiger partial charge in [0.05, 0.1) is 6.61 Å². The third-order valence-electron chi connectivity index (χ3n) is 2.87. The summed E-state index contributed by atoms with van der Waals surface area (Å²) in [6, 6.07) is 8.98. The summed E-state index contributed by atoms with van der Waals surface area (Å²) in [5, 5.41) is 11.5. The van der Waals surface area contributed by atoms with Gasteiger partial charge in [0.15, 0.2) is 0 Å². The molecule has 1 aromatic carbocycles. The Bertz CT molecular complexity index is 807. The summed E-state index contributed by atoms with van der Waals surface area (Å²) in [5.74, 6) is -0.791. The van der Waals surface area contributed by atoms with Crippen molar-refractivity contribution in [3.05, 3.63) is 51.5 Å². The average molecular weight is 300 g/mol. The fourth-order valence-corrected chi connectivity index (χ4v) is 1.77. The van der Waals surface area contributed by atoms with E-state index in [1.165, 1.54) is 4.68 Å². The minimum absolute atomic E-state index is 0.0217. The van der Waals surface area contributed by atoms with Crippen molar-refractivity contribution < 1.29 is 18.7 Å². The van der Waals surface area contributed by atoms with E-state index in [2.05, 4.69) is 5.27 Å². The summed E-state index contributed by atoms with van der Waals surface area (Å²) in [6.45, 7) is 3.70. The maximum Gasteiger partial charge on any atom is 0.435 e. The maximum absolute atomic E-state index is 11.8. The van der Waals surface area contributed by atoms with Crippen molar-refractivity contribution in [1.29, 1.82) is 5.26 Å². The standard InChI is InChI=1S/C15H13N3O4/c1-3-21-14(19)11(9-16)8-13-15(20)22-17-18(13)12-6-4-10(2)5-7-12/h4-8H,3H2,1-2H3/p+1. The van der Waals surface area contributed by atoms with Crippen LogP contribution < -0.4 is 10.3 Å². The minimum atomic E-state index is -0.791. The number of nitrogens with zero attached hydrogens (tertiary/aromatic N) is 2. The van der Waals surface area contributed by atoms with Crippen LogP contribution >= 0.6 is 0 Å². The zero-order valence-electron chi connectivity index (χ0n) is 12.1. The van der Waals surface area contributed by atoms with E-state index in [0.717, 1.165) is 11.6 Å². The number of H-pyrrole nitrogens is 1. The van der Waals surface area contributed by atoms with Gasteiger partial charge in [0.2, 0.25) is 5.69 Å². The Morgan fingerprint density at radius 2 is 2.14 bits per heavy atom. The lowest BCUT2D eigenvalue weighted by molar-refractivity contribution is -0.672. The molecule has 1 heterocycles. The Labute approximate surface area is 126 Å². The summed E-state index contributed by atoms with van der Waals surface area (Å²) >= 11 is 0. The maximum atomic E-state index is 11.8. The number of nitriles is 1. The van der Waals surface area contributed by atoms with Crippen LogP contribution in [-0.2, 0) is 9.53 Å². The van der Waals surface area contributed by atoms with Crippen LogP contribution in [0.2, 0.25) is 0 Å². The minimum Gasteiger partial charge on any atom is -0.462 e. The summed E-state index contributed by atoms with van der Waals surface area (Å²) in [6.07, 6.45) is 1.14. The number of nitrogens with one attached hydrogen (secondary N) is 1. The molecule has 0 radical (unpaired) electrons. The number of aromatic amines is 1. The van der Waals surface area contributed by atoms with Gasteiger partial charge < -0.3 is 4.74 Å². The molecule has 7 heteroatoms. The summed E-state index contributed by atoms with van der Waals surface area (Å²) in [5.41, 5.74) is 0.723. The van der Waals surface area contributed by atoms with Crippen LogP contribution in [0.5, 0.6) is 0 Å². The van der Waals surface area contributed by atoms with Crippen molar-refractivity contribution in [2.75, 3.05) is 6.61 Å². The highest BCUT2D eigenvalue weighted by Gasteiger charge is 2.24. The second kappa shape index (κ2) is 6.54. The third-order valence-corrected chi connectivity index (χ3v) is 2.87. The molecule has 0 spiro atoms. The monoisotopic (exact) mass is 300 g/mol. The second-order valence-corrected chi connectivity index (χ2v) is 4.43. The second-order valence-electron chi connectivity index (χ2n) is 4.43. The van der Waals surface area contributed by atoms with Crippen molar-refractivity contribution in [3.8, 4) is 11.8 Å². The Kier molecular flexibility index (Phi) is 4.53. The molecule has 7 nitrogen and oxygen atoms in total. The molecule has 112 valence electrons. The summed E-state index contributed by atoms with van der Waals surface area (Å²) in [4.78, 5) is 23.4. The topological polar surface area (TPSA) is 100.0 Å². The number of esters is 1. The molecule has 1 N–H and O–H groups in total. The van der Waals surface area contributed by atoms with Gasteiger partial charge in [-0.15, -0.1) is 0 Å². The largest absolute Gasteiger partial charge is 0.462 e. The Balaban J connectivity index is 2.50. The van der Waals surface area contributed by atoms with Gasteiger partial charge in [0, 0.05) is 18.2 Å². The van der Waals surface area contributed by atoms with Crippen LogP contribution in [0.3, 0.4) is 0 Å². The molecule has 0 saturated heterocycles. The van der Waals surface area contributed by atoms with Crippen molar-refractivity contribution in [2.24, 2.45) is 0 Å². The molecular formula is C15H14N3O4+. The zero-order chi connectivity index (χ0) is 16.1. The number of ether oxygens (including phenoxy) is 1. The van der Waals surface area contributed by atoms with E-state index >= 15 is 0 Å². The number of hydrogen-bond acceptors (Lipinski definition) is 5. The molecule has 0 amide bonds. The fraction of sp³-hybridized carbons (Fsp3) is 0.200. The summed E-state index contributed by atoms with van der Waals surface area (Å²) < 4.78 is 10.9. The predicted molar refractivity (Wildman–Crippen MR) is 75.8 cm³/mol. The molecule has 0 aliphatic carbocycles. The molecule has 0 unspecified atom stereocenters. The molecule has 2 rings (SSSR count). The number of rotatable bonds is 4. The van der Waals surface area contributed by atoms with Crippen LogP contribution in [0.25, 0.3) is 11.8 Å². The van der Waals surface area contributed by atoms with E-state index in [4.69, 9.17) is 14.5 Å². The van der Waals surface area contributed by atoms with Gasteiger partial charge in [-0.25, -0.2) is 9.59 Å². The van der Waals surface area contributed by atoms with E-state index in [0.29, 0.717) is 5.69 Å². The van der Waals surface area contributed by atoms with E-state index in [9.17, 15) is 9.59 Å². The molecular weight excluding hydrogens is 286 g/mol. The molecule has 0 atom stereocenters. The van der Waals surface area contributed by atoms with E-state index < -0.39 is 11.6 Å². The first-order chi connectivity index (χ1) is 10.6. The lowest BCUT2D eigenvalue weighted by Crippen LogP contribution is -2.37. The van der Waals surface area contributed by atoms with Crippen LogP contribution in [0.4, 0.5) is 0 Å². The Morgan fingerprint density at radius 1 is 1.45 bits per heavy atom. The highest BCUT2D eigenvalue weighted by atomic mass is 16.5. The van der Waals surface area contributed by atoms with Crippen LogP contribution in [0.1, 0.15) is 18.2 Å². The van der Waals surface area contributed by atoms with Crippen molar-refractivity contribution in [2.45, 2.75) is 13.8 Å². The van der Waals surface area contributed by atoms with Crippen molar-refractivity contribution in [3.63, 3.8) is 0 Å². The number of aryl methyl sites for hydroxylation is 1. The number of carbonyl (C=O) groups excluding carboxylic acids is 1. The first-order valence-corrected chi connectivity index (χ1v) is 6.56. The van der Waals surface area contributed by atoms with E-state index in [1.54, 1.807) is 25.1 Å². The molecule has 0 aliphatic rings. The van der Waals surface area contributed by atoms with Crippen LogP contribution in [0.15, 0.2) is 39.2 Å². The van der Waals surface area contributed by atoms with Gasteiger partial charge >= 0.3 is 17.3 Å². The van der Waals surface area contributed by atoms with Gasteiger partial charge in [0.1, 0.15) is 11.6 Å². The third kappa shape index (κ3) is 3.12. The van der Waals surface area contributed by atoms with Crippen LogP contribution in [0, 0.1) is 18.3 Å². The quantitative estimate of drug-likeness (QED) is 0.393. The highest BCUT2D eigenvalue weighted by Crippen LogP contribution is 2.06. The lowest BCUT2D eigenvalue weighted by atomic mass is 10.2. The molecule has 2 aromatic rings.